The van der Waals surface area contributed by atoms with Gasteiger partial charge in [0.25, 0.3) is 0 Å². The lowest BCUT2D eigenvalue weighted by Gasteiger charge is -2.34. The maximum Gasteiger partial charge on any atom is 0.243 e. The van der Waals surface area contributed by atoms with Gasteiger partial charge in [0.2, 0.25) is 21.8 Å². The van der Waals surface area contributed by atoms with E-state index >= 15 is 0 Å². The number of hydrogen-bond acceptors (Lipinski definition) is 5. The summed E-state index contributed by atoms with van der Waals surface area (Å²) in [5.41, 5.74) is 5.32. The highest BCUT2D eigenvalue weighted by Gasteiger charge is 2.40. The molecule has 1 fully saturated rings. The van der Waals surface area contributed by atoms with Crippen LogP contribution in [0.5, 0.6) is 0 Å². The Bertz CT molecular complexity index is 1320. The normalized spacial score (nSPS) is 19.8. The number of nitrogens with one attached hydrogen (secondary N) is 3. The number of carbonyl (C=O) groups excluding carboxylic acids is 2. The maximum atomic E-state index is 13.4. The summed E-state index contributed by atoms with van der Waals surface area (Å²) in [6.07, 6.45) is 2.41. The molecule has 0 spiro atoms. The molecule has 4 rings (SSSR count). The molecule has 1 aliphatic heterocycles. The van der Waals surface area contributed by atoms with Crippen molar-refractivity contribution in [3.63, 3.8) is 0 Å². The molecule has 1 heterocycles. The number of piperazine rings is 1. The number of benzene rings is 2. The van der Waals surface area contributed by atoms with Gasteiger partial charge in [0, 0.05) is 19.6 Å². The first-order valence-electron chi connectivity index (χ1n) is 13.7. The van der Waals surface area contributed by atoms with Gasteiger partial charge in [-0.05, 0) is 73.0 Å². The molecule has 2 atom stereocenters. The molecule has 2 amide bonds. The Hall–Kier alpha value is -3.01. The van der Waals surface area contributed by atoms with E-state index in [1.807, 2.05) is 13.0 Å². The standard InChI is InChI=1S/C30H40N4O4S/c1-20(2)18-31-19-22(4)23-10-13-26-24(16-23)6-5-7-27(26)33-29(35)17-28-30(36)32-14-15-34(28)39(37,38)25-11-8-21(3)9-12-25/h8-13,16,20,27-28,31H,4-7,14-15,17-19H2,1-3H3,(H,32,36)(H,33,35)/t27-,28-/m1/s1. The van der Waals surface area contributed by atoms with Gasteiger partial charge in [-0.3, -0.25) is 9.59 Å². The summed E-state index contributed by atoms with van der Waals surface area (Å²) < 4.78 is 27.9. The summed E-state index contributed by atoms with van der Waals surface area (Å²) in [6.45, 7) is 12.4. The van der Waals surface area contributed by atoms with Gasteiger partial charge in [0.15, 0.2) is 0 Å². The Morgan fingerprint density at radius 2 is 1.92 bits per heavy atom. The molecule has 2 aromatic rings. The SMILES string of the molecule is C=C(CNCC(C)C)c1ccc2c(c1)CCC[C@H]2NC(=O)C[C@@H]1C(=O)NCCN1S(=O)(=O)c1ccc(C)cc1. The largest absolute Gasteiger partial charge is 0.353 e. The average Bonchev–Trinajstić information content (AvgIpc) is 2.89. The summed E-state index contributed by atoms with van der Waals surface area (Å²) in [6, 6.07) is 11.5. The van der Waals surface area contributed by atoms with E-state index in [0.29, 0.717) is 5.92 Å². The fourth-order valence-corrected chi connectivity index (χ4v) is 6.84. The molecule has 8 nitrogen and oxygen atoms in total. The monoisotopic (exact) mass is 552 g/mol. The molecule has 0 radical (unpaired) electrons. The number of hydrogen-bond donors (Lipinski definition) is 3. The van der Waals surface area contributed by atoms with Crippen LogP contribution < -0.4 is 16.0 Å². The van der Waals surface area contributed by atoms with Crippen LogP contribution in [0, 0.1) is 12.8 Å². The zero-order valence-electron chi connectivity index (χ0n) is 23.1. The average molecular weight is 553 g/mol. The van der Waals surface area contributed by atoms with Gasteiger partial charge in [-0.25, -0.2) is 8.42 Å². The van der Waals surface area contributed by atoms with E-state index in [1.165, 1.54) is 17.7 Å². The van der Waals surface area contributed by atoms with Crippen LogP contribution in [0.1, 0.15) is 61.4 Å². The number of aryl methyl sites for hydroxylation is 2. The lowest BCUT2D eigenvalue weighted by Crippen LogP contribution is -2.58. The fourth-order valence-electron chi connectivity index (χ4n) is 5.25. The van der Waals surface area contributed by atoms with Crippen molar-refractivity contribution in [2.75, 3.05) is 26.2 Å². The highest BCUT2D eigenvalue weighted by Crippen LogP contribution is 2.32. The summed E-state index contributed by atoms with van der Waals surface area (Å²) in [5, 5.41) is 9.23. The van der Waals surface area contributed by atoms with Crippen molar-refractivity contribution in [1.29, 1.82) is 0 Å². The lowest BCUT2D eigenvalue weighted by molar-refractivity contribution is -0.132. The summed E-state index contributed by atoms with van der Waals surface area (Å²) in [7, 11) is -3.93. The van der Waals surface area contributed by atoms with Crippen molar-refractivity contribution in [2.24, 2.45) is 5.92 Å². The van der Waals surface area contributed by atoms with Crippen molar-refractivity contribution in [1.82, 2.24) is 20.3 Å². The second kappa shape index (κ2) is 12.4. The minimum absolute atomic E-state index is 0.116. The molecule has 9 heteroatoms. The van der Waals surface area contributed by atoms with Crippen LogP contribution in [-0.4, -0.2) is 56.8 Å². The molecule has 3 N–H and O–H groups in total. The van der Waals surface area contributed by atoms with Gasteiger partial charge in [-0.15, -0.1) is 0 Å². The van der Waals surface area contributed by atoms with Gasteiger partial charge >= 0.3 is 0 Å². The Balaban J connectivity index is 1.45. The second-order valence-corrected chi connectivity index (χ2v) is 12.9. The van der Waals surface area contributed by atoms with E-state index in [-0.39, 0.29) is 36.4 Å². The van der Waals surface area contributed by atoms with Crippen molar-refractivity contribution >= 4 is 27.4 Å². The number of sulfonamides is 1. The number of carbonyl (C=O) groups is 2. The molecule has 0 unspecified atom stereocenters. The third-order valence-electron chi connectivity index (χ3n) is 7.38. The molecular weight excluding hydrogens is 512 g/mol. The maximum absolute atomic E-state index is 13.4. The molecule has 2 aromatic carbocycles. The zero-order valence-corrected chi connectivity index (χ0v) is 23.9. The Kier molecular flexibility index (Phi) is 9.25. The summed E-state index contributed by atoms with van der Waals surface area (Å²) >= 11 is 0. The minimum atomic E-state index is -3.93. The third-order valence-corrected chi connectivity index (χ3v) is 9.30. The molecule has 1 aliphatic carbocycles. The van der Waals surface area contributed by atoms with Gasteiger partial charge in [0.1, 0.15) is 6.04 Å². The Morgan fingerprint density at radius 1 is 1.18 bits per heavy atom. The van der Waals surface area contributed by atoms with Crippen molar-refractivity contribution in [3.8, 4) is 0 Å². The number of nitrogens with zero attached hydrogens (tertiary/aromatic N) is 1. The predicted octanol–water partition coefficient (Wildman–Crippen LogP) is 3.33. The summed E-state index contributed by atoms with van der Waals surface area (Å²) in [4.78, 5) is 26.1. The first-order valence-corrected chi connectivity index (χ1v) is 15.2. The van der Waals surface area contributed by atoms with Crippen LogP contribution in [0.15, 0.2) is 53.9 Å². The molecule has 0 saturated carbocycles. The first kappa shape index (κ1) is 29.0. The molecule has 210 valence electrons. The first-order chi connectivity index (χ1) is 18.6. The highest BCUT2D eigenvalue weighted by atomic mass is 32.2. The number of fused-ring (bicyclic) bond motifs is 1. The van der Waals surface area contributed by atoms with Crippen LogP contribution in [0.3, 0.4) is 0 Å². The van der Waals surface area contributed by atoms with Crippen LogP contribution >= 0.6 is 0 Å². The Morgan fingerprint density at radius 3 is 2.64 bits per heavy atom. The topological polar surface area (TPSA) is 108 Å². The molecule has 2 aliphatic rings. The minimum Gasteiger partial charge on any atom is -0.353 e. The molecule has 0 bridgehead atoms. The van der Waals surface area contributed by atoms with E-state index in [9.17, 15) is 18.0 Å². The van der Waals surface area contributed by atoms with Crippen LogP contribution in [0.25, 0.3) is 5.57 Å². The van der Waals surface area contributed by atoms with Gasteiger partial charge in [-0.2, -0.15) is 4.31 Å². The number of amides is 2. The smallest absolute Gasteiger partial charge is 0.243 e. The predicted molar refractivity (Wildman–Crippen MR) is 153 cm³/mol. The van der Waals surface area contributed by atoms with Crippen LogP contribution in [0.2, 0.25) is 0 Å². The lowest BCUT2D eigenvalue weighted by atomic mass is 9.85. The van der Waals surface area contributed by atoms with Gasteiger partial charge in [0.05, 0.1) is 17.4 Å². The van der Waals surface area contributed by atoms with Crippen LogP contribution in [0.4, 0.5) is 0 Å². The van der Waals surface area contributed by atoms with E-state index in [2.05, 4.69) is 48.5 Å². The van der Waals surface area contributed by atoms with Gasteiger partial charge in [-0.1, -0.05) is 56.3 Å². The van der Waals surface area contributed by atoms with E-state index < -0.39 is 22.0 Å². The van der Waals surface area contributed by atoms with E-state index in [4.69, 9.17) is 0 Å². The van der Waals surface area contributed by atoms with Crippen molar-refractivity contribution in [3.05, 3.63) is 71.3 Å². The highest BCUT2D eigenvalue weighted by molar-refractivity contribution is 7.89. The zero-order chi connectivity index (χ0) is 28.2. The summed E-state index contributed by atoms with van der Waals surface area (Å²) in [5.74, 6) is -0.226. The third kappa shape index (κ3) is 6.96. The Labute approximate surface area is 232 Å². The molecular formula is C30H40N4O4S. The molecule has 39 heavy (non-hydrogen) atoms. The van der Waals surface area contributed by atoms with Gasteiger partial charge < -0.3 is 16.0 Å². The second-order valence-electron chi connectivity index (χ2n) is 11.0. The molecule has 0 aromatic heterocycles. The van der Waals surface area contributed by atoms with E-state index in [0.717, 1.165) is 58.9 Å². The van der Waals surface area contributed by atoms with Crippen LogP contribution in [-0.2, 0) is 26.0 Å². The van der Waals surface area contributed by atoms with Crippen molar-refractivity contribution in [2.45, 2.75) is 63.4 Å². The molecule has 1 saturated heterocycles. The fraction of sp³-hybridized carbons (Fsp3) is 0.467. The van der Waals surface area contributed by atoms with Crippen molar-refractivity contribution < 1.29 is 18.0 Å². The van der Waals surface area contributed by atoms with E-state index in [1.54, 1.807) is 12.1 Å². The number of rotatable bonds is 10. The quantitative estimate of drug-likeness (QED) is 0.419.